The number of para-hydroxylation sites is 1. The average Bonchev–Trinajstić information content (AvgIpc) is 2.40. The number of amides is 1. The zero-order chi connectivity index (χ0) is 13.0. The van der Waals surface area contributed by atoms with Crippen molar-refractivity contribution in [3.63, 3.8) is 0 Å². The first-order valence-corrected chi connectivity index (χ1v) is 5.72. The van der Waals surface area contributed by atoms with E-state index in [9.17, 15) is 4.79 Å². The Balaban J connectivity index is 2.24. The smallest absolute Gasteiger partial charge is 0.256 e. The van der Waals surface area contributed by atoms with Gasteiger partial charge in [-0.15, -0.1) is 0 Å². The minimum Gasteiger partial charge on any atom is -0.496 e. The van der Waals surface area contributed by atoms with Crippen LogP contribution in [-0.2, 0) is 0 Å². The van der Waals surface area contributed by atoms with Crippen molar-refractivity contribution in [2.75, 3.05) is 12.4 Å². The number of carbonyl (C=O) groups excluding carboxylic acids is 1. The van der Waals surface area contributed by atoms with Crippen molar-refractivity contribution >= 4 is 11.6 Å². The lowest BCUT2D eigenvalue weighted by molar-refractivity contribution is 0.102. The summed E-state index contributed by atoms with van der Waals surface area (Å²) in [6.07, 6.45) is 0. The molecule has 2 aromatic rings. The zero-order valence-electron chi connectivity index (χ0n) is 10.4. The van der Waals surface area contributed by atoms with Gasteiger partial charge >= 0.3 is 0 Å². The molecular formula is C15H15NO2. The summed E-state index contributed by atoms with van der Waals surface area (Å²) in [4.78, 5) is 12.1. The predicted molar refractivity (Wildman–Crippen MR) is 72.1 cm³/mol. The number of methoxy groups -OCH3 is 1. The molecular weight excluding hydrogens is 226 g/mol. The van der Waals surface area contributed by atoms with Crippen LogP contribution in [0.2, 0.25) is 0 Å². The fraction of sp³-hybridized carbons (Fsp3) is 0.133. The molecule has 18 heavy (non-hydrogen) atoms. The number of nitrogens with one attached hydrogen (secondary N) is 1. The maximum atomic E-state index is 12.1. The van der Waals surface area contributed by atoms with Gasteiger partial charge < -0.3 is 10.1 Å². The summed E-state index contributed by atoms with van der Waals surface area (Å²) < 4.78 is 5.21. The molecule has 0 aliphatic carbocycles. The van der Waals surface area contributed by atoms with E-state index in [0.717, 1.165) is 17.0 Å². The summed E-state index contributed by atoms with van der Waals surface area (Å²) in [5.41, 5.74) is 2.25. The Labute approximate surface area is 106 Å². The van der Waals surface area contributed by atoms with Crippen molar-refractivity contribution in [2.24, 2.45) is 0 Å². The van der Waals surface area contributed by atoms with Gasteiger partial charge in [-0.2, -0.15) is 0 Å². The minimum absolute atomic E-state index is 0.127. The average molecular weight is 241 g/mol. The van der Waals surface area contributed by atoms with E-state index in [1.54, 1.807) is 13.2 Å². The fourth-order valence-electron chi connectivity index (χ4n) is 1.80. The van der Waals surface area contributed by atoms with Crippen LogP contribution in [0, 0.1) is 6.92 Å². The van der Waals surface area contributed by atoms with Gasteiger partial charge in [-0.1, -0.05) is 24.3 Å². The third kappa shape index (κ3) is 2.51. The number of hydrogen-bond donors (Lipinski definition) is 1. The van der Waals surface area contributed by atoms with Crippen LogP contribution in [0.25, 0.3) is 0 Å². The molecule has 1 amide bonds. The van der Waals surface area contributed by atoms with Crippen molar-refractivity contribution in [3.05, 3.63) is 59.7 Å². The number of rotatable bonds is 3. The van der Waals surface area contributed by atoms with Crippen LogP contribution < -0.4 is 10.1 Å². The first kappa shape index (κ1) is 12.2. The molecule has 0 spiro atoms. The van der Waals surface area contributed by atoms with Crippen LogP contribution in [-0.4, -0.2) is 13.0 Å². The summed E-state index contributed by atoms with van der Waals surface area (Å²) in [6.45, 7) is 1.87. The molecule has 0 atom stereocenters. The Kier molecular flexibility index (Phi) is 3.63. The molecule has 0 saturated heterocycles. The van der Waals surface area contributed by atoms with E-state index in [-0.39, 0.29) is 5.91 Å². The van der Waals surface area contributed by atoms with Crippen LogP contribution in [0.3, 0.4) is 0 Å². The highest BCUT2D eigenvalue weighted by atomic mass is 16.5. The van der Waals surface area contributed by atoms with Gasteiger partial charge in [0.15, 0.2) is 0 Å². The number of hydrogen-bond acceptors (Lipinski definition) is 2. The zero-order valence-corrected chi connectivity index (χ0v) is 10.4. The number of ether oxygens (including phenoxy) is 1. The molecule has 0 unspecified atom stereocenters. The Morgan fingerprint density at radius 1 is 1.06 bits per heavy atom. The van der Waals surface area contributed by atoms with Gasteiger partial charge in [0.25, 0.3) is 5.91 Å². The molecule has 0 aliphatic heterocycles. The Hall–Kier alpha value is -2.29. The Morgan fingerprint density at radius 3 is 2.44 bits per heavy atom. The largest absolute Gasteiger partial charge is 0.496 e. The van der Waals surface area contributed by atoms with Crippen molar-refractivity contribution in [1.82, 2.24) is 0 Å². The third-order valence-corrected chi connectivity index (χ3v) is 2.78. The second-order valence-corrected chi connectivity index (χ2v) is 3.95. The summed E-state index contributed by atoms with van der Waals surface area (Å²) in [5, 5.41) is 2.86. The molecule has 0 heterocycles. The molecule has 2 rings (SSSR count). The van der Waals surface area contributed by atoms with Gasteiger partial charge in [0.2, 0.25) is 0 Å². The van der Waals surface area contributed by atoms with E-state index in [2.05, 4.69) is 5.32 Å². The van der Waals surface area contributed by atoms with Crippen molar-refractivity contribution in [3.8, 4) is 5.75 Å². The van der Waals surface area contributed by atoms with E-state index >= 15 is 0 Å². The monoisotopic (exact) mass is 241 g/mol. The SMILES string of the molecule is COc1cccc(C(=O)Nc2ccccc2)c1C. The topological polar surface area (TPSA) is 38.3 Å². The van der Waals surface area contributed by atoms with E-state index in [1.165, 1.54) is 0 Å². The van der Waals surface area contributed by atoms with Gasteiger partial charge in [-0.25, -0.2) is 0 Å². The maximum absolute atomic E-state index is 12.1. The van der Waals surface area contributed by atoms with E-state index in [4.69, 9.17) is 4.74 Å². The predicted octanol–water partition coefficient (Wildman–Crippen LogP) is 3.26. The van der Waals surface area contributed by atoms with Crippen LogP contribution in [0.4, 0.5) is 5.69 Å². The Bertz CT molecular complexity index is 550. The number of anilines is 1. The molecule has 0 aliphatic rings. The molecule has 0 saturated carbocycles. The first-order valence-electron chi connectivity index (χ1n) is 5.72. The summed E-state index contributed by atoms with van der Waals surface area (Å²) in [6, 6.07) is 14.8. The molecule has 3 heteroatoms. The fourth-order valence-corrected chi connectivity index (χ4v) is 1.80. The quantitative estimate of drug-likeness (QED) is 0.895. The first-order chi connectivity index (χ1) is 8.72. The molecule has 0 fully saturated rings. The van der Waals surface area contributed by atoms with Crippen molar-refractivity contribution in [1.29, 1.82) is 0 Å². The maximum Gasteiger partial charge on any atom is 0.256 e. The van der Waals surface area contributed by atoms with Gasteiger partial charge in [0.1, 0.15) is 5.75 Å². The Morgan fingerprint density at radius 2 is 1.78 bits per heavy atom. The van der Waals surface area contributed by atoms with Gasteiger partial charge in [0.05, 0.1) is 7.11 Å². The van der Waals surface area contributed by atoms with Crippen LogP contribution in [0.15, 0.2) is 48.5 Å². The molecule has 0 bridgehead atoms. The number of benzene rings is 2. The van der Waals surface area contributed by atoms with Gasteiger partial charge in [-0.05, 0) is 31.2 Å². The highest BCUT2D eigenvalue weighted by molar-refractivity contribution is 6.05. The molecule has 3 nitrogen and oxygen atoms in total. The van der Waals surface area contributed by atoms with Crippen LogP contribution in [0.1, 0.15) is 15.9 Å². The molecule has 0 radical (unpaired) electrons. The molecule has 1 N–H and O–H groups in total. The highest BCUT2D eigenvalue weighted by Crippen LogP contribution is 2.21. The standard InChI is InChI=1S/C15H15NO2/c1-11-13(9-6-10-14(11)18-2)15(17)16-12-7-4-3-5-8-12/h3-10H,1-2H3,(H,16,17). The van der Waals surface area contributed by atoms with E-state index in [1.807, 2.05) is 49.4 Å². The van der Waals surface area contributed by atoms with Crippen molar-refractivity contribution < 1.29 is 9.53 Å². The molecule has 2 aromatic carbocycles. The van der Waals surface area contributed by atoms with Crippen LogP contribution in [0.5, 0.6) is 5.75 Å². The van der Waals surface area contributed by atoms with Crippen molar-refractivity contribution in [2.45, 2.75) is 6.92 Å². The van der Waals surface area contributed by atoms with Crippen LogP contribution >= 0.6 is 0 Å². The van der Waals surface area contributed by atoms with E-state index in [0.29, 0.717) is 5.56 Å². The molecule has 0 aromatic heterocycles. The van der Waals surface area contributed by atoms with Gasteiger partial charge in [-0.3, -0.25) is 4.79 Å². The summed E-state index contributed by atoms with van der Waals surface area (Å²) in [7, 11) is 1.60. The summed E-state index contributed by atoms with van der Waals surface area (Å²) in [5.74, 6) is 0.591. The third-order valence-electron chi connectivity index (χ3n) is 2.78. The normalized spacial score (nSPS) is 9.89. The van der Waals surface area contributed by atoms with Gasteiger partial charge in [0, 0.05) is 16.8 Å². The lowest BCUT2D eigenvalue weighted by Gasteiger charge is -2.10. The summed E-state index contributed by atoms with van der Waals surface area (Å²) >= 11 is 0. The second-order valence-electron chi connectivity index (χ2n) is 3.95. The highest BCUT2D eigenvalue weighted by Gasteiger charge is 2.11. The second kappa shape index (κ2) is 5.36. The minimum atomic E-state index is -0.127. The molecule has 92 valence electrons. The lowest BCUT2D eigenvalue weighted by atomic mass is 10.1. The lowest BCUT2D eigenvalue weighted by Crippen LogP contribution is -2.13. The number of carbonyl (C=O) groups is 1. The van der Waals surface area contributed by atoms with E-state index < -0.39 is 0 Å².